The van der Waals surface area contributed by atoms with E-state index in [1.165, 1.54) is 12.1 Å². The number of aryl methyl sites for hydroxylation is 2. The third kappa shape index (κ3) is 3.94. The predicted octanol–water partition coefficient (Wildman–Crippen LogP) is 3.91. The summed E-state index contributed by atoms with van der Waals surface area (Å²) in [7, 11) is 0. The zero-order chi connectivity index (χ0) is 19.0. The Kier molecular flexibility index (Phi) is 2.39. The molecule has 0 bridgehead atoms. The van der Waals surface area contributed by atoms with E-state index in [1.54, 1.807) is 24.4 Å². The van der Waals surface area contributed by atoms with Gasteiger partial charge < -0.3 is 0 Å². The van der Waals surface area contributed by atoms with Gasteiger partial charge in [0.15, 0.2) is 0 Å². The average Bonchev–Trinajstić information content (AvgIpc) is 2.44. The normalized spacial score (nSPS) is 17.6. The summed E-state index contributed by atoms with van der Waals surface area (Å²) < 4.78 is 46.7. The van der Waals surface area contributed by atoms with Crippen molar-refractivity contribution in [2.24, 2.45) is 0 Å². The summed E-state index contributed by atoms with van der Waals surface area (Å²) in [5, 5.41) is 0. The van der Waals surface area contributed by atoms with Crippen LogP contribution in [0.1, 0.15) is 40.1 Å². The van der Waals surface area contributed by atoms with Crippen LogP contribution in [0.2, 0.25) is 4.25 Å². The molecular weight excluding hydrogens is 291 g/mol. The molecule has 0 spiro atoms. The molecule has 0 amide bonds. The van der Waals surface area contributed by atoms with E-state index in [0.29, 0.717) is 16.8 Å². The van der Waals surface area contributed by atoms with Gasteiger partial charge in [0.25, 0.3) is 0 Å². The van der Waals surface area contributed by atoms with Crippen LogP contribution in [0.5, 0.6) is 0 Å². The quantitative estimate of drug-likeness (QED) is 0.765. The number of hydrogen-bond donors (Lipinski definition) is 0. The van der Waals surface area contributed by atoms with Crippen LogP contribution in [0.25, 0.3) is 11.3 Å². The second-order valence-corrected chi connectivity index (χ2v) is 10.4. The van der Waals surface area contributed by atoms with Gasteiger partial charge in [-0.15, -0.1) is 0 Å². The van der Waals surface area contributed by atoms with Crippen LogP contribution in [-0.2, 0) is 0 Å². The molecule has 0 atom stereocenters. The average molecular weight is 318 g/mol. The molecule has 1 aromatic heterocycles. The molecule has 1 nitrogen and oxygen atoms in total. The first-order chi connectivity index (χ1) is 11.3. The second-order valence-electron chi connectivity index (χ2n) is 5.57. The molecule has 0 saturated carbocycles. The zero-order valence-electron chi connectivity index (χ0n) is 17.4. The maximum absolute atomic E-state index is 7.85. The van der Waals surface area contributed by atoms with Crippen LogP contribution >= 0.6 is 0 Å². The van der Waals surface area contributed by atoms with Gasteiger partial charge in [-0.3, -0.25) is 0 Å². The predicted molar refractivity (Wildman–Crippen MR) is 84.3 cm³/mol. The standard InChI is InChI=1S/C17H21GeN/c1-12-6-8-14(9-7-12)16-10-13(2)15(11-19-16)18-17(3,4)5/h6-11H,1-5H3/i1D3,2D3. The first-order valence-electron chi connectivity index (χ1n) is 9.17. The zero-order valence-corrected chi connectivity index (χ0v) is 13.5. The monoisotopic (exact) mass is 319 g/mol. The van der Waals surface area contributed by atoms with Crippen LogP contribution < -0.4 is 4.40 Å². The molecule has 1 heterocycles. The van der Waals surface area contributed by atoms with E-state index in [4.69, 9.17) is 8.22 Å². The topological polar surface area (TPSA) is 12.9 Å². The Bertz CT molecular complexity index is 742. The second kappa shape index (κ2) is 5.50. The molecule has 0 saturated heterocycles. The van der Waals surface area contributed by atoms with Crippen LogP contribution in [0.3, 0.4) is 0 Å². The van der Waals surface area contributed by atoms with Gasteiger partial charge in [0.2, 0.25) is 0 Å². The first-order valence-corrected chi connectivity index (χ1v) is 8.27. The van der Waals surface area contributed by atoms with Crippen LogP contribution in [0.15, 0.2) is 36.5 Å². The van der Waals surface area contributed by atoms with E-state index in [9.17, 15) is 0 Å². The molecule has 2 heteroatoms. The van der Waals surface area contributed by atoms with Gasteiger partial charge in [0.1, 0.15) is 0 Å². The summed E-state index contributed by atoms with van der Waals surface area (Å²) in [6, 6.07) is 8.05. The van der Waals surface area contributed by atoms with Crippen molar-refractivity contribution in [2.75, 3.05) is 0 Å². The van der Waals surface area contributed by atoms with Crippen molar-refractivity contribution in [1.82, 2.24) is 4.98 Å². The number of pyridine rings is 1. The molecular formula is C17H21GeN. The summed E-state index contributed by atoms with van der Waals surface area (Å²) in [6.45, 7) is 1.98. The van der Waals surface area contributed by atoms with Crippen molar-refractivity contribution < 1.29 is 8.22 Å². The van der Waals surface area contributed by atoms with Gasteiger partial charge in [-0.1, -0.05) is 0 Å². The summed E-state index contributed by atoms with van der Waals surface area (Å²) in [5.41, 5.74) is 1.86. The van der Waals surface area contributed by atoms with Crippen molar-refractivity contribution in [3.05, 3.63) is 47.7 Å². The summed E-state index contributed by atoms with van der Waals surface area (Å²) in [4.78, 5) is 4.44. The molecule has 2 radical (unpaired) electrons. The third-order valence-corrected chi connectivity index (χ3v) is 5.57. The Balaban J connectivity index is 2.46. The van der Waals surface area contributed by atoms with Gasteiger partial charge in [0.05, 0.1) is 0 Å². The fourth-order valence-electron chi connectivity index (χ4n) is 1.76. The number of rotatable bonds is 2. The first kappa shape index (κ1) is 8.26. The number of hydrogen-bond acceptors (Lipinski definition) is 1. The van der Waals surface area contributed by atoms with E-state index in [2.05, 4.69) is 25.8 Å². The van der Waals surface area contributed by atoms with Gasteiger partial charge in [0, 0.05) is 0 Å². The number of nitrogens with zero attached hydrogens (tertiary/aromatic N) is 1. The van der Waals surface area contributed by atoms with E-state index in [-0.39, 0.29) is 9.81 Å². The minimum absolute atomic E-state index is 0.0740. The Morgan fingerprint density at radius 1 is 1.11 bits per heavy atom. The molecule has 2 rings (SSSR count). The molecule has 0 aliphatic rings. The van der Waals surface area contributed by atoms with Gasteiger partial charge in [-0.05, 0) is 0 Å². The molecule has 19 heavy (non-hydrogen) atoms. The Hall–Kier alpha value is -1.09. The van der Waals surface area contributed by atoms with Crippen molar-refractivity contribution in [1.29, 1.82) is 0 Å². The fraction of sp³-hybridized carbons (Fsp3) is 0.353. The molecule has 0 aliphatic heterocycles. The van der Waals surface area contributed by atoms with Crippen molar-refractivity contribution >= 4 is 19.8 Å². The number of aromatic nitrogens is 1. The fourth-order valence-corrected chi connectivity index (χ4v) is 4.16. The van der Waals surface area contributed by atoms with E-state index < -0.39 is 29.1 Å². The molecule has 1 aromatic carbocycles. The Morgan fingerprint density at radius 3 is 2.42 bits per heavy atom. The van der Waals surface area contributed by atoms with Gasteiger partial charge in [-0.25, -0.2) is 0 Å². The summed E-state index contributed by atoms with van der Waals surface area (Å²) in [5.74, 6) is 0. The Labute approximate surface area is 131 Å². The van der Waals surface area contributed by atoms with Crippen molar-refractivity contribution in [3.8, 4) is 11.3 Å². The van der Waals surface area contributed by atoms with Gasteiger partial charge >= 0.3 is 131 Å². The third-order valence-electron chi connectivity index (χ3n) is 2.59. The molecule has 0 unspecified atom stereocenters. The van der Waals surface area contributed by atoms with E-state index in [0.717, 1.165) is 4.40 Å². The molecule has 0 aliphatic carbocycles. The summed E-state index contributed by atoms with van der Waals surface area (Å²) in [6.07, 6.45) is 1.68. The van der Waals surface area contributed by atoms with Crippen molar-refractivity contribution in [2.45, 2.75) is 38.7 Å². The SMILES string of the molecule is [2H]C([2H])([2H])c1ccc(-c2cc(C([2H])([2H])[2H])[c]([Ge][C](C)(C)C)cn2)cc1. The van der Waals surface area contributed by atoms with Crippen LogP contribution in [0.4, 0.5) is 0 Å². The van der Waals surface area contributed by atoms with E-state index in [1.807, 2.05) is 0 Å². The molecule has 98 valence electrons. The maximum atomic E-state index is 7.85. The molecule has 2 aromatic rings. The number of benzene rings is 1. The van der Waals surface area contributed by atoms with Crippen molar-refractivity contribution in [3.63, 3.8) is 0 Å². The minimum atomic E-state index is -2.19. The Morgan fingerprint density at radius 2 is 1.84 bits per heavy atom. The van der Waals surface area contributed by atoms with Crippen LogP contribution in [-0.4, -0.2) is 20.4 Å². The molecule has 0 fully saturated rings. The van der Waals surface area contributed by atoms with E-state index >= 15 is 0 Å². The molecule has 0 N–H and O–H groups in total. The van der Waals surface area contributed by atoms with Gasteiger partial charge in [-0.2, -0.15) is 0 Å². The van der Waals surface area contributed by atoms with Crippen LogP contribution in [0, 0.1) is 13.7 Å². The summed E-state index contributed by atoms with van der Waals surface area (Å²) >= 11 is -0.658.